The number of ether oxygens (including phenoxy) is 1. The normalized spacial score (nSPS) is 22.4. The van der Waals surface area contributed by atoms with Gasteiger partial charge in [0.2, 0.25) is 5.91 Å². The van der Waals surface area contributed by atoms with Crippen LogP contribution in [0.25, 0.3) is 0 Å². The monoisotopic (exact) mass is 280 g/mol. The van der Waals surface area contributed by atoms with Crippen LogP contribution in [0.4, 0.5) is 10.1 Å². The molecule has 0 aromatic heterocycles. The SMILES string of the molecule is COc1cc(NC(=O)CC2CCCCC2N)ccc1F. The lowest BCUT2D eigenvalue weighted by atomic mass is 9.83. The number of nitrogens with one attached hydrogen (secondary N) is 1. The lowest BCUT2D eigenvalue weighted by Crippen LogP contribution is -2.35. The van der Waals surface area contributed by atoms with Crippen molar-refractivity contribution < 1.29 is 13.9 Å². The Morgan fingerprint density at radius 1 is 1.45 bits per heavy atom. The Kier molecular flexibility index (Phi) is 4.95. The van der Waals surface area contributed by atoms with Crippen LogP contribution in [0, 0.1) is 11.7 Å². The van der Waals surface area contributed by atoms with Crippen molar-refractivity contribution in [3.8, 4) is 5.75 Å². The highest BCUT2D eigenvalue weighted by Crippen LogP contribution is 2.26. The molecule has 3 N–H and O–H groups in total. The number of nitrogens with two attached hydrogens (primary N) is 1. The van der Waals surface area contributed by atoms with Gasteiger partial charge >= 0.3 is 0 Å². The topological polar surface area (TPSA) is 64.3 Å². The molecule has 0 spiro atoms. The van der Waals surface area contributed by atoms with Gasteiger partial charge < -0.3 is 15.8 Å². The Labute approximate surface area is 118 Å². The van der Waals surface area contributed by atoms with Crippen molar-refractivity contribution in [2.75, 3.05) is 12.4 Å². The fourth-order valence-corrected chi connectivity index (χ4v) is 2.68. The Bertz CT molecular complexity index is 479. The first-order chi connectivity index (χ1) is 9.60. The fourth-order valence-electron chi connectivity index (χ4n) is 2.68. The number of hydrogen-bond donors (Lipinski definition) is 2. The highest BCUT2D eigenvalue weighted by Gasteiger charge is 2.24. The predicted molar refractivity (Wildman–Crippen MR) is 76.1 cm³/mol. The highest BCUT2D eigenvalue weighted by atomic mass is 19.1. The number of hydrogen-bond acceptors (Lipinski definition) is 3. The molecule has 110 valence electrons. The second kappa shape index (κ2) is 6.70. The Balaban J connectivity index is 1.94. The first-order valence-electron chi connectivity index (χ1n) is 6.99. The summed E-state index contributed by atoms with van der Waals surface area (Å²) in [6, 6.07) is 4.39. The largest absolute Gasteiger partial charge is 0.494 e. The summed E-state index contributed by atoms with van der Waals surface area (Å²) < 4.78 is 18.2. The van der Waals surface area contributed by atoms with E-state index in [0.29, 0.717) is 12.1 Å². The summed E-state index contributed by atoms with van der Waals surface area (Å²) in [7, 11) is 1.39. The van der Waals surface area contributed by atoms with Crippen LogP contribution in [0.15, 0.2) is 18.2 Å². The summed E-state index contributed by atoms with van der Waals surface area (Å²) in [5, 5.41) is 2.77. The van der Waals surface area contributed by atoms with Crippen LogP contribution in [0.2, 0.25) is 0 Å². The van der Waals surface area contributed by atoms with E-state index in [1.165, 1.54) is 25.3 Å². The van der Waals surface area contributed by atoms with E-state index in [0.717, 1.165) is 25.7 Å². The molecule has 1 aromatic rings. The summed E-state index contributed by atoms with van der Waals surface area (Å²) >= 11 is 0. The van der Waals surface area contributed by atoms with Crippen LogP contribution < -0.4 is 15.8 Å². The maximum Gasteiger partial charge on any atom is 0.224 e. The van der Waals surface area contributed by atoms with Crippen LogP contribution in [-0.2, 0) is 4.79 Å². The smallest absolute Gasteiger partial charge is 0.224 e. The van der Waals surface area contributed by atoms with Crippen LogP contribution in [0.5, 0.6) is 5.75 Å². The minimum Gasteiger partial charge on any atom is -0.494 e. The first kappa shape index (κ1) is 14.8. The highest BCUT2D eigenvalue weighted by molar-refractivity contribution is 5.91. The molecule has 20 heavy (non-hydrogen) atoms. The lowest BCUT2D eigenvalue weighted by Gasteiger charge is -2.27. The van der Waals surface area contributed by atoms with Gasteiger partial charge in [-0.15, -0.1) is 0 Å². The van der Waals surface area contributed by atoms with E-state index in [1.54, 1.807) is 0 Å². The van der Waals surface area contributed by atoms with E-state index in [1.807, 2.05) is 0 Å². The molecule has 0 bridgehead atoms. The van der Waals surface area contributed by atoms with Crippen molar-refractivity contribution in [2.45, 2.75) is 38.1 Å². The maximum absolute atomic E-state index is 13.3. The van der Waals surface area contributed by atoms with Crippen LogP contribution in [-0.4, -0.2) is 19.1 Å². The van der Waals surface area contributed by atoms with E-state index in [2.05, 4.69) is 5.32 Å². The summed E-state index contributed by atoms with van der Waals surface area (Å²) in [5.74, 6) is -0.163. The number of rotatable bonds is 4. The fraction of sp³-hybridized carbons (Fsp3) is 0.533. The number of benzene rings is 1. The summed E-state index contributed by atoms with van der Waals surface area (Å²) in [6.45, 7) is 0. The first-order valence-corrected chi connectivity index (χ1v) is 6.99. The van der Waals surface area contributed by atoms with Crippen molar-refractivity contribution in [3.05, 3.63) is 24.0 Å². The predicted octanol–water partition coefficient (Wildman–Crippen LogP) is 2.68. The van der Waals surface area contributed by atoms with Gasteiger partial charge in [-0.05, 0) is 30.9 Å². The Morgan fingerprint density at radius 2 is 2.20 bits per heavy atom. The second-order valence-electron chi connectivity index (χ2n) is 5.31. The number of halogens is 1. The minimum absolute atomic E-state index is 0.0824. The Morgan fingerprint density at radius 3 is 2.90 bits per heavy atom. The molecule has 0 heterocycles. The van der Waals surface area contributed by atoms with Crippen LogP contribution in [0.3, 0.4) is 0 Å². The number of amides is 1. The molecule has 1 fully saturated rings. The van der Waals surface area contributed by atoms with Gasteiger partial charge in [0.15, 0.2) is 11.6 Å². The number of carbonyl (C=O) groups excluding carboxylic acids is 1. The van der Waals surface area contributed by atoms with E-state index in [9.17, 15) is 9.18 Å². The van der Waals surface area contributed by atoms with Crippen molar-refractivity contribution >= 4 is 11.6 Å². The molecule has 2 unspecified atom stereocenters. The zero-order chi connectivity index (χ0) is 14.5. The molecule has 2 rings (SSSR count). The van der Waals surface area contributed by atoms with Crippen molar-refractivity contribution in [1.82, 2.24) is 0 Å². The molecule has 0 radical (unpaired) electrons. The molecule has 1 aliphatic rings. The van der Waals surface area contributed by atoms with Gasteiger partial charge in [-0.25, -0.2) is 4.39 Å². The maximum atomic E-state index is 13.3. The lowest BCUT2D eigenvalue weighted by molar-refractivity contribution is -0.117. The number of carbonyl (C=O) groups is 1. The summed E-state index contributed by atoms with van der Waals surface area (Å²) in [4.78, 5) is 12.0. The van der Waals surface area contributed by atoms with E-state index < -0.39 is 5.82 Å². The van der Waals surface area contributed by atoms with Crippen molar-refractivity contribution in [3.63, 3.8) is 0 Å². The summed E-state index contributed by atoms with van der Waals surface area (Å²) in [6.07, 6.45) is 4.69. The quantitative estimate of drug-likeness (QED) is 0.891. The van der Waals surface area contributed by atoms with E-state index in [4.69, 9.17) is 10.5 Å². The van der Waals surface area contributed by atoms with Gasteiger partial charge in [0, 0.05) is 24.2 Å². The van der Waals surface area contributed by atoms with E-state index in [-0.39, 0.29) is 23.6 Å². The van der Waals surface area contributed by atoms with Gasteiger partial charge in [-0.3, -0.25) is 4.79 Å². The molecule has 0 saturated heterocycles. The van der Waals surface area contributed by atoms with Gasteiger partial charge in [0.25, 0.3) is 0 Å². The van der Waals surface area contributed by atoms with Crippen LogP contribution >= 0.6 is 0 Å². The third kappa shape index (κ3) is 3.70. The Hall–Kier alpha value is -1.62. The van der Waals surface area contributed by atoms with Crippen molar-refractivity contribution in [1.29, 1.82) is 0 Å². The molecule has 5 heteroatoms. The number of methoxy groups -OCH3 is 1. The molecular weight excluding hydrogens is 259 g/mol. The van der Waals surface area contributed by atoms with Gasteiger partial charge in [0.05, 0.1) is 7.11 Å². The van der Waals surface area contributed by atoms with Crippen LogP contribution in [0.1, 0.15) is 32.1 Å². The molecule has 1 saturated carbocycles. The molecule has 1 amide bonds. The average Bonchev–Trinajstić information content (AvgIpc) is 2.43. The number of anilines is 1. The minimum atomic E-state index is -0.445. The third-order valence-electron chi connectivity index (χ3n) is 3.85. The second-order valence-corrected chi connectivity index (χ2v) is 5.31. The zero-order valence-electron chi connectivity index (χ0n) is 11.7. The molecular formula is C15H21FN2O2. The van der Waals surface area contributed by atoms with Gasteiger partial charge in [-0.1, -0.05) is 12.8 Å². The molecule has 1 aromatic carbocycles. The zero-order valence-corrected chi connectivity index (χ0v) is 11.7. The molecule has 1 aliphatic carbocycles. The van der Waals surface area contributed by atoms with Crippen molar-refractivity contribution in [2.24, 2.45) is 11.7 Å². The standard InChI is InChI=1S/C15H21FN2O2/c1-20-14-9-11(6-7-12(14)16)18-15(19)8-10-4-2-3-5-13(10)17/h6-7,9-10,13H,2-5,8,17H2,1H3,(H,18,19). The third-order valence-corrected chi connectivity index (χ3v) is 3.85. The average molecular weight is 280 g/mol. The molecule has 0 aliphatic heterocycles. The molecule has 2 atom stereocenters. The van der Waals surface area contributed by atoms with Gasteiger partial charge in [0.1, 0.15) is 0 Å². The van der Waals surface area contributed by atoms with Gasteiger partial charge in [-0.2, -0.15) is 0 Å². The van der Waals surface area contributed by atoms with E-state index >= 15 is 0 Å². The summed E-state index contributed by atoms with van der Waals surface area (Å²) in [5.41, 5.74) is 6.58. The molecule has 4 nitrogen and oxygen atoms in total.